The number of rotatable bonds is 5. The van der Waals surface area contributed by atoms with Gasteiger partial charge in [-0.3, -0.25) is 0 Å². The van der Waals surface area contributed by atoms with Gasteiger partial charge < -0.3 is 9.26 Å². The number of ether oxygens (including phenoxy) is 1. The van der Waals surface area contributed by atoms with Crippen LogP contribution in [-0.2, 0) is 6.61 Å². The van der Waals surface area contributed by atoms with E-state index in [4.69, 9.17) is 20.9 Å². The molecule has 0 amide bonds. The lowest BCUT2D eigenvalue weighted by molar-refractivity contribution is 0.305. The van der Waals surface area contributed by atoms with Gasteiger partial charge in [0.2, 0.25) is 5.82 Å². The fraction of sp³-hybridized carbons (Fsp3) is 0.0476. The van der Waals surface area contributed by atoms with Crippen molar-refractivity contribution in [3.63, 3.8) is 0 Å². The second-order valence-corrected chi connectivity index (χ2v) is 6.31. The Kier molecular flexibility index (Phi) is 4.85. The van der Waals surface area contributed by atoms with E-state index in [-0.39, 0.29) is 12.4 Å². The first-order valence-electron chi connectivity index (χ1n) is 8.25. The van der Waals surface area contributed by atoms with Crippen molar-refractivity contribution in [1.29, 1.82) is 0 Å². The summed E-state index contributed by atoms with van der Waals surface area (Å²) >= 11 is 5.90. The van der Waals surface area contributed by atoms with E-state index < -0.39 is 0 Å². The summed E-state index contributed by atoms with van der Waals surface area (Å²) < 4.78 is 24.3. The predicted octanol–water partition coefficient (Wildman–Crippen LogP) is 5.78. The summed E-state index contributed by atoms with van der Waals surface area (Å²) in [5.74, 6) is 1.21. The summed E-state index contributed by atoms with van der Waals surface area (Å²) in [5.41, 5.74) is 2.30. The highest BCUT2D eigenvalue weighted by molar-refractivity contribution is 6.30. The van der Waals surface area contributed by atoms with Gasteiger partial charge in [0, 0.05) is 16.1 Å². The molecular weight excluding hydrogens is 367 g/mol. The zero-order valence-electron chi connectivity index (χ0n) is 14.1. The molecule has 0 spiro atoms. The number of benzene rings is 3. The van der Waals surface area contributed by atoms with Crippen molar-refractivity contribution in [1.82, 2.24) is 10.1 Å². The summed E-state index contributed by atoms with van der Waals surface area (Å²) in [6.45, 7) is 0.267. The molecule has 0 atom stereocenters. The van der Waals surface area contributed by atoms with Crippen molar-refractivity contribution in [2.24, 2.45) is 0 Å². The van der Waals surface area contributed by atoms with E-state index in [0.717, 1.165) is 16.7 Å². The van der Waals surface area contributed by atoms with Crippen LogP contribution in [0.4, 0.5) is 4.39 Å². The smallest absolute Gasteiger partial charge is 0.258 e. The van der Waals surface area contributed by atoms with E-state index in [2.05, 4.69) is 10.1 Å². The van der Waals surface area contributed by atoms with E-state index in [1.54, 1.807) is 18.2 Å². The molecule has 134 valence electrons. The normalized spacial score (nSPS) is 10.7. The minimum atomic E-state index is -0.286. The third-order valence-electron chi connectivity index (χ3n) is 3.90. The maximum atomic E-state index is 13.3. The van der Waals surface area contributed by atoms with Gasteiger partial charge in [-0.25, -0.2) is 4.39 Å². The maximum Gasteiger partial charge on any atom is 0.258 e. The summed E-state index contributed by atoms with van der Waals surface area (Å²) in [5, 5.41) is 4.67. The van der Waals surface area contributed by atoms with Crippen LogP contribution in [0.15, 0.2) is 77.3 Å². The Bertz CT molecular complexity index is 1060. The molecule has 4 rings (SSSR count). The zero-order valence-corrected chi connectivity index (χ0v) is 14.9. The molecular formula is C21H14ClFN2O2. The van der Waals surface area contributed by atoms with Crippen molar-refractivity contribution < 1.29 is 13.7 Å². The molecule has 0 saturated carbocycles. The molecule has 4 nitrogen and oxygen atoms in total. The maximum absolute atomic E-state index is 13.3. The van der Waals surface area contributed by atoms with Gasteiger partial charge >= 0.3 is 0 Å². The second-order valence-electron chi connectivity index (χ2n) is 5.88. The number of halogens is 2. The highest BCUT2D eigenvalue weighted by Gasteiger charge is 2.11. The Balaban J connectivity index is 1.51. The van der Waals surface area contributed by atoms with Crippen LogP contribution < -0.4 is 4.74 Å². The molecule has 0 saturated heterocycles. The third kappa shape index (κ3) is 4.15. The number of hydrogen-bond acceptors (Lipinski definition) is 4. The van der Waals surface area contributed by atoms with Crippen molar-refractivity contribution in [2.45, 2.75) is 6.61 Å². The van der Waals surface area contributed by atoms with Crippen molar-refractivity contribution in [3.05, 3.63) is 89.2 Å². The molecule has 0 unspecified atom stereocenters. The van der Waals surface area contributed by atoms with Crippen LogP contribution in [0, 0.1) is 5.82 Å². The lowest BCUT2D eigenvalue weighted by Gasteiger charge is -2.07. The van der Waals surface area contributed by atoms with Crippen LogP contribution in [0.5, 0.6) is 5.75 Å². The first-order chi connectivity index (χ1) is 13.2. The largest absolute Gasteiger partial charge is 0.489 e. The van der Waals surface area contributed by atoms with Crippen LogP contribution in [-0.4, -0.2) is 10.1 Å². The molecule has 27 heavy (non-hydrogen) atoms. The van der Waals surface area contributed by atoms with Crippen LogP contribution in [0.2, 0.25) is 5.02 Å². The molecule has 1 heterocycles. The monoisotopic (exact) mass is 380 g/mol. The van der Waals surface area contributed by atoms with Gasteiger partial charge in [0.1, 0.15) is 18.2 Å². The molecule has 1 aromatic heterocycles. The predicted molar refractivity (Wildman–Crippen MR) is 101 cm³/mol. The Morgan fingerprint density at radius 2 is 1.74 bits per heavy atom. The number of aromatic nitrogens is 2. The molecule has 0 aliphatic rings. The van der Waals surface area contributed by atoms with E-state index in [1.165, 1.54) is 12.1 Å². The first kappa shape index (κ1) is 17.2. The molecule has 4 aromatic rings. The van der Waals surface area contributed by atoms with Gasteiger partial charge in [-0.05, 0) is 54.1 Å². The van der Waals surface area contributed by atoms with Gasteiger partial charge in [0.25, 0.3) is 5.89 Å². The average Bonchev–Trinajstić information content (AvgIpc) is 3.18. The van der Waals surface area contributed by atoms with Crippen molar-refractivity contribution >= 4 is 11.6 Å². The Labute approximate surface area is 160 Å². The average molecular weight is 381 g/mol. The minimum absolute atomic E-state index is 0.267. The number of nitrogens with zero attached hydrogens (tertiary/aromatic N) is 2. The van der Waals surface area contributed by atoms with Gasteiger partial charge in [-0.15, -0.1) is 0 Å². The zero-order chi connectivity index (χ0) is 18.6. The summed E-state index contributed by atoms with van der Waals surface area (Å²) in [4.78, 5) is 4.43. The highest BCUT2D eigenvalue weighted by atomic mass is 35.5. The first-order valence-corrected chi connectivity index (χ1v) is 8.62. The van der Waals surface area contributed by atoms with Gasteiger partial charge in [-0.1, -0.05) is 41.0 Å². The van der Waals surface area contributed by atoms with E-state index in [0.29, 0.717) is 22.5 Å². The molecule has 0 aliphatic carbocycles. The molecule has 6 heteroatoms. The third-order valence-corrected chi connectivity index (χ3v) is 4.16. The molecule has 0 radical (unpaired) electrons. The van der Waals surface area contributed by atoms with Crippen molar-refractivity contribution in [2.75, 3.05) is 0 Å². The van der Waals surface area contributed by atoms with E-state index in [1.807, 2.05) is 42.5 Å². The van der Waals surface area contributed by atoms with Gasteiger partial charge in [0.05, 0.1) is 0 Å². The molecule has 0 N–H and O–H groups in total. The Hall–Kier alpha value is -3.18. The number of hydrogen-bond donors (Lipinski definition) is 0. The molecule has 0 aliphatic heterocycles. The SMILES string of the molecule is Fc1cccc(COc2cccc(-c3noc(-c4ccc(Cl)cc4)n3)c2)c1. The highest BCUT2D eigenvalue weighted by Crippen LogP contribution is 2.26. The summed E-state index contributed by atoms with van der Waals surface area (Å²) in [6.07, 6.45) is 0. The van der Waals surface area contributed by atoms with Crippen LogP contribution in [0.25, 0.3) is 22.8 Å². The second kappa shape index (κ2) is 7.60. The van der Waals surface area contributed by atoms with Crippen LogP contribution in [0.3, 0.4) is 0 Å². The van der Waals surface area contributed by atoms with Crippen LogP contribution in [0.1, 0.15) is 5.56 Å². The standard InChI is InChI=1S/C21H14ClFN2O2/c22-17-9-7-15(8-10-17)21-24-20(25-27-21)16-4-2-6-19(12-16)26-13-14-3-1-5-18(23)11-14/h1-12H,13H2. The molecule has 3 aromatic carbocycles. The Morgan fingerprint density at radius 1 is 0.926 bits per heavy atom. The minimum Gasteiger partial charge on any atom is -0.489 e. The summed E-state index contributed by atoms with van der Waals surface area (Å²) in [7, 11) is 0. The topological polar surface area (TPSA) is 48.2 Å². The van der Waals surface area contributed by atoms with Gasteiger partial charge in [0.15, 0.2) is 0 Å². The summed E-state index contributed by atoms with van der Waals surface area (Å²) in [6, 6.07) is 20.8. The van der Waals surface area contributed by atoms with Crippen LogP contribution >= 0.6 is 11.6 Å². The van der Waals surface area contributed by atoms with Crippen molar-refractivity contribution in [3.8, 4) is 28.6 Å². The lowest BCUT2D eigenvalue weighted by atomic mass is 10.2. The van der Waals surface area contributed by atoms with Gasteiger partial charge in [-0.2, -0.15) is 4.98 Å². The fourth-order valence-corrected chi connectivity index (χ4v) is 2.69. The van der Waals surface area contributed by atoms with E-state index in [9.17, 15) is 4.39 Å². The molecule has 0 fully saturated rings. The quantitative estimate of drug-likeness (QED) is 0.440. The van der Waals surface area contributed by atoms with E-state index >= 15 is 0 Å². The molecule has 0 bridgehead atoms. The Morgan fingerprint density at radius 3 is 2.56 bits per heavy atom. The lowest BCUT2D eigenvalue weighted by Crippen LogP contribution is -1.96. The fourth-order valence-electron chi connectivity index (χ4n) is 2.57.